The molecule has 7 nitrogen and oxygen atoms in total. The highest BCUT2D eigenvalue weighted by atomic mass is 16.5. The molecule has 1 heterocycles. The Morgan fingerprint density at radius 1 is 1.29 bits per heavy atom. The number of hydrogen-bond acceptors (Lipinski definition) is 5. The Kier molecular flexibility index (Phi) is 5.57. The molecular weight excluding hydrogens is 310 g/mol. The van der Waals surface area contributed by atoms with Crippen LogP contribution in [-0.2, 0) is 18.4 Å². The van der Waals surface area contributed by atoms with Crippen LogP contribution >= 0.6 is 0 Å². The summed E-state index contributed by atoms with van der Waals surface area (Å²) in [5.41, 5.74) is 1.47. The van der Waals surface area contributed by atoms with Gasteiger partial charge in [-0.05, 0) is 25.1 Å². The van der Waals surface area contributed by atoms with Crippen LogP contribution in [0.3, 0.4) is 0 Å². The maximum absolute atomic E-state index is 12.2. The minimum atomic E-state index is -0.170. The average molecular weight is 331 g/mol. The van der Waals surface area contributed by atoms with Crippen molar-refractivity contribution in [2.75, 3.05) is 20.8 Å². The normalized spacial score (nSPS) is 10.3. The predicted molar refractivity (Wildman–Crippen MR) is 88.2 cm³/mol. The van der Waals surface area contributed by atoms with Crippen molar-refractivity contribution < 1.29 is 19.1 Å². The van der Waals surface area contributed by atoms with Gasteiger partial charge in [0.2, 0.25) is 0 Å². The van der Waals surface area contributed by atoms with Gasteiger partial charge in [0.1, 0.15) is 0 Å². The lowest BCUT2D eigenvalue weighted by molar-refractivity contribution is -0.132. The first kappa shape index (κ1) is 17.5. The molecule has 1 aromatic heterocycles. The van der Waals surface area contributed by atoms with Gasteiger partial charge in [-0.1, -0.05) is 0 Å². The van der Waals surface area contributed by atoms with Crippen molar-refractivity contribution in [2.45, 2.75) is 13.5 Å². The summed E-state index contributed by atoms with van der Waals surface area (Å²) in [5, 5.41) is 4.07. The van der Waals surface area contributed by atoms with Gasteiger partial charge in [0.25, 0.3) is 5.91 Å². The molecule has 0 saturated heterocycles. The van der Waals surface area contributed by atoms with Crippen molar-refractivity contribution in [1.29, 1.82) is 0 Å². The zero-order valence-electron chi connectivity index (χ0n) is 14.3. The van der Waals surface area contributed by atoms with Gasteiger partial charge in [-0.2, -0.15) is 5.10 Å². The Labute approximate surface area is 140 Å². The molecule has 1 aromatic carbocycles. The molecule has 0 atom stereocenters. The van der Waals surface area contributed by atoms with Crippen LogP contribution in [0.4, 0.5) is 0 Å². The number of rotatable bonds is 7. The van der Waals surface area contributed by atoms with Gasteiger partial charge in [0.05, 0.1) is 13.3 Å². The highest BCUT2D eigenvalue weighted by Gasteiger charge is 2.14. The number of ether oxygens (including phenoxy) is 2. The second-order valence-electron chi connectivity index (χ2n) is 5.48. The minimum absolute atomic E-state index is 0.0628. The number of likely N-dealkylation sites (N-methyl/N-ethyl adjacent to an activating group) is 1. The molecule has 0 aliphatic carbocycles. The van der Waals surface area contributed by atoms with Crippen LogP contribution in [0.5, 0.6) is 11.5 Å². The van der Waals surface area contributed by atoms with Crippen molar-refractivity contribution in [3.8, 4) is 11.5 Å². The summed E-state index contributed by atoms with van der Waals surface area (Å²) in [7, 11) is 5.02. The van der Waals surface area contributed by atoms with Crippen molar-refractivity contribution in [2.24, 2.45) is 7.05 Å². The summed E-state index contributed by atoms with van der Waals surface area (Å²) in [6, 6.07) is 4.87. The Morgan fingerprint density at radius 2 is 2.04 bits per heavy atom. The molecule has 0 aliphatic heterocycles. The Morgan fingerprint density at radius 3 is 2.62 bits per heavy atom. The molecule has 0 spiro atoms. The highest BCUT2D eigenvalue weighted by Crippen LogP contribution is 2.28. The standard InChI is InChI=1S/C17H21N3O4/c1-12(21)14-5-6-15(16(7-14)23-4)24-11-17(22)19(2)9-13-8-18-20(3)10-13/h5-8,10H,9,11H2,1-4H3. The molecule has 2 aromatic rings. The van der Waals surface area contributed by atoms with Crippen LogP contribution in [0.2, 0.25) is 0 Å². The number of amides is 1. The topological polar surface area (TPSA) is 73.7 Å². The molecule has 0 unspecified atom stereocenters. The quantitative estimate of drug-likeness (QED) is 0.722. The molecule has 24 heavy (non-hydrogen) atoms. The molecule has 1 amide bonds. The number of carbonyl (C=O) groups excluding carboxylic acids is 2. The fraction of sp³-hybridized carbons (Fsp3) is 0.353. The number of benzene rings is 1. The first-order valence-electron chi connectivity index (χ1n) is 7.44. The van der Waals surface area contributed by atoms with E-state index in [2.05, 4.69) is 5.10 Å². The fourth-order valence-corrected chi connectivity index (χ4v) is 2.17. The molecule has 2 rings (SSSR count). The number of ketones is 1. The predicted octanol–water partition coefficient (Wildman–Crippen LogP) is 1.67. The summed E-state index contributed by atoms with van der Waals surface area (Å²) in [4.78, 5) is 25.1. The SMILES string of the molecule is COc1cc(C(C)=O)ccc1OCC(=O)N(C)Cc1cnn(C)c1. The smallest absolute Gasteiger partial charge is 0.260 e. The van der Waals surface area contributed by atoms with E-state index in [4.69, 9.17) is 9.47 Å². The summed E-state index contributed by atoms with van der Waals surface area (Å²) in [6.45, 7) is 1.81. The fourth-order valence-electron chi connectivity index (χ4n) is 2.17. The van der Waals surface area contributed by atoms with E-state index in [1.165, 1.54) is 14.0 Å². The molecule has 0 fully saturated rings. The van der Waals surface area contributed by atoms with Crippen molar-refractivity contribution >= 4 is 11.7 Å². The third-order valence-electron chi connectivity index (χ3n) is 3.53. The van der Waals surface area contributed by atoms with Crippen molar-refractivity contribution in [3.05, 3.63) is 41.7 Å². The van der Waals surface area contributed by atoms with Crippen molar-refractivity contribution in [1.82, 2.24) is 14.7 Å². The lowest BCUT2D eigenvalue weighted by Crippen LogP contribution is -2.30. The van der Waals surface area contributed by atoms with Gasteiger partial charge < -0.3 is 14.4 Å². The number of Topliss-reactive ketones (excluding diaryl/α,β-unsaturated/α-hetero) is 1. The molecule has 0 radical (unpaired) electrons. The van der Waals surface area contributed by atoms with Gasteiger partial charge in [0.15, 0.2) is 23.9 Å². The largest absolute Gasteiger partial charge is 0.493 e. The minimum Gasteiger partial charge on any atom is -0.493 e. The molecule has 0 bridgehead atoms. The first-order valence-corrected chi connectivity index (χ1v) is 7.44. The number of nitrogens with zero attached hydrogens (tertiary/aromatic N) is 3. The summed E-state index contributed by atoms with van der Waals surface area (Å²) in [6.07, 6.45) is 3.57. The lowest BCUT2D eigenvalue weighted by atomic mass is 10.1. The van der Waals surface area contributed by atoms with E-state index in [0.29, 0.717) is 23.6 Å². The van der Waals surface area contributed by atoms with Crippen LogP contribution in [0.15, 0.2) is 30.6 Å². The monoisotopic (exact) mass is 331 g/mol. The zero-order valence-corrected chi connectivity index (χ0v) is 14.3. The zero-order chi connectivity index (χ0) is 17.7. The molecular formula is C17H21N3O4. The lowest BCUT2D eigenvalue weighted by Gasteiger charge is -2.17. The van der Waals surface area contributed by atoms with Crippen LogP contribution in [-0.4, -0.2) is 47.1 Å². The maximum Gasteiger partial charge on any atom is 0.260 e. The van der Waals surface area contributed by atoms with E-state index in [9.17, 15) is 9.59 Å². The summed E-state index contributed by atoms with van der Waals surface area (Å²) < 4.78 is 12.4. The first-order chi connectivity index (χ1) is 11.4. The second kappa shape index (κ2) is 7.63. The Bertz CT molecular complexity index is 739. The maximum atomic E-state index is 12.2. The van der Waals surface area contributed by atoms with Gasteiger partial charge in [-0.15, -0.1) is 0 Å². The van der Waals surface area contributed by atoms with E-state index in [0.717, 1.165) is 5.56 Å². The van der Waals surface area contributed by atoms with Crippen LogP contribution in [0.25, 0.3) is 0 Å². The van der Waals surface area contributed by atoms with Gasteiger partial charge >= 0.3 is 0 Å². The van der Waals surface area contributed by atoms with E-state index in [1.54, 1.807) is 41.0 Å². The van der Waals surface area contributed by atoms with Gasteiger partial charge in [0, 0.05) is 38.0 Å². The van der Waals surface area contributed by atoms with Crippen molar-refractivity contribution in [3.63, 3.8) is 0 Å². The number of methoxy groups -OCH3 is 1. The third kappa shape index (κ3) is 4.34. The van der Waals surface area contributed by atoms with E-state index >= 15 is 0 Å². The van der Waals surface area contributed by atoms with Crippen LogP contribution in [0, 0.1) is 0 Å². The van der Waals surface area contributed by atoms with Crippen LogP contribution < -0.4 is 9.47 Å². The number of carbonyl (C=O) groups is 2. The average Bonchev–Trinajstić information content (AvgIpc) is 2.97. The third-order valence-corrected chi connectivity index (χ3v) is 3.53. The molecule has 7 heteroatoms. The molecule has 0 N–H and O–H groups in total. The van der Waals surface area contributed by atoms with Crippen LogP contribution in [0.1, 0.15) is 22.8 Å². The Hall–Kier alpha value is -2.83. The van der Waals surface area contributed by atoms with E-state index < -0.39 is 0 Å². The number of aromatic nitrogens is 2. The van der Waals surface area contributed by atoms with Gasteiger partial charge in [-0.3, -0.25) is 14.3 Å². The summed E-state index contributed by atoms with van der Waals surface area (Å²) in [5.74, 6) is 0.611. The molecule has 0 aliphatic rings. The Balaban J connectivity index is 1.96. The van der Waals surface area contributed by atoms with E-state index in [-0.39, 0.29) is 18.3 Å². The number of aryl methyl sites for hydroxylation is 1. The molecule has 0 saturated carbocycles. The number of hydrogen-bond donors (Lipinski definition) is 0. The van der Waals surface area contributed by atoms with E-state index in [1.807, 2.05) is 13.2 Å². The highest BCUT2D eigenvalue weighted by molar-refractivity contribution is 5.94. The second-order valence-corrected chi connectivity index (χ2v) is 5.48. The van der Waals surface area contributed by atoms with Gasteiger partial charge in [-0.25, -0.2) is 0 Å². The summed E-state index contributed by atoms with van der Waals surface area (Å²) >= 11 is 0. The molecule has 128 valence electrons.